The molecule has 1 fully saturated rings. The van der Waals surface area contributed by atoms with E-state index in [1.54, 1.807) is 6.08 Å². The molecule has 0 spiro atoms. The van der Waals surface area contributed by atoms with E-state index < -0.39 is 24.1 Å². The molecule has 3 rings (SSSR count). The van der Waals surface area contributed by atoms with Crippen LogP contribution in [0.3, 0.4) is 0 Å². The fourth-order valence-electron chi connectivity index (χ4n) is 3.54. The van der Waals surface area contributed by atoms with Gasteiger partial charge in [-0.05, 0) is 52.3 Å². The number of aliphatic imine (C=N–C) groups is 1. The SMILES string of the molecule is CC(C)(C)c1cc(/C=C2\OC(=Nc3ccc(CC(=O)O)c(F)c3)NC2=O)cc(C(C)(C)C)c1O. The van der Waals surface area contributed by atoms with Gasteiger partial charge >= 0.3 is 12.0 Å². The number of hydrogen-bond donors (Lipinski definition) is 3. The highest BCUT2D eigenvalue weighted by molar-refractivity contribution is 6.11. The zero-order valence-corrected chi connectivity index (χ0v) is 20.1. The Morgan fingerprint density at radius 1 is 1.09 bits per heavy atom. The molecule has 2 aromatic carbocycles. The first-order valence-corrected chi connectivity index (χ1v) is 10.8. The zero-order valence-electron chi connectivity index (χ0n) is 20.1. The van der Waals surface area contributed by atoms with Crippen LogP contribution in [0, 0.1) is 5.82 Å². The molecule has 0 radical (unpaired) electrons. The van der Waals surface area contributed by atoms with E-state index in [9.17, 15) is 19.1 Å². The van der Waals surface area contributed by atoms with Crippen LogP contribution >= 0.6 is 0 Å². The molecule has 0 unspecified atom stereocenters. The molecule has 1 saturated heterocycles. The molecule has 0 bridgehead atoms. The largest absolute Gasteiger partial charge is 0.507 e. The van der Waals surface area contributed by atoms with E-state index in [4.69, 9.17) is 9.84 Å². The summed E-state index contributed by atoms with van der Waals surface area (Å²) in [5, 5.41) is 22.2. The number of halogens is 1. The molecular formula is C26H29FN2O5. The van der Waals surface area contributed by atoms with Gasteiger partial charge in [0.1, 0.15) is 11.6 Å². The summed E-state index contributed by atoms with van der Waals surface area (Å²) in [6, 6.07) is 7.37. The number of ether oxygens (including phenoxy) is 1. The van der Waals surface area contributed by atoms with Gasteiger partial charge in [-0.15, -0.1) is 0 Å². The highest BCUT2D eigenvalue weighted by atomic mass is 19.1. The predicted molar refractivity (Wildman–Crippen MR) is 128 cm³/mol. The first-order valence-electron chi connectivity index (χ1n) is 10.8. The van der Waals surface area contributed by atoms with Gasteiger partial charge in [0.2, 0.25) is 0 Å². The van der Waals surface area contributed by atoms with E-state index in [1.165, 1.54) is 12.1 Å². The second kappa shape index (κ2) is 8.93. The molecule has 180 valence electrons. The van der Waals surface area contributed by atoms with Gasteiger partial charge in [0.15, 0.2) is 5.76 Å². The molecule has 8 heteroatoms. The minimum atomic E-state index is -1.14. The Morgan fingerprint density at radius 3 is 2.18 bits per heavy atom. The van der Waals surface area contributed by atoms with Gasteiger partial charge in [-0.1, -0.05) is 47.6 Å². The average molecular weight is 469 g/mol. The first-order chi connectivity index (χ1) is 15.6. The Hall–Kier alpha value is -3.68. The highest BCUT2D eigenvalue weighted by Crippen LogP contribution is 2.40. The molecule has 0 saturated carbocycles. The summed E-state index contributed by atoms with van der Waals surface area (Å²) >= 11 is 0. The van der Waals surface area contributed by atoms with Gasteiger partial charge in [0.25, 0.3) is 5.91 Å². The lowest BCUT2D eigenvalue weighted by atomic mass is 9.78. The quantitative estimate of drug-likeness (QED) is 0.552. The van der Waals surface area contributed by atoms with E-state index in [0.29, 0.717) is 5.56 Å². The van der Waals surface area contributed by atoms with Crippen LogP contribution in [0.1, 0.15) is 63.8 Å². The van der Waals surface area contributed by atoms with Gasteiger partial charge in [-0.3, -0.25) is 14.9 Å². The van der Waals surface area contributed by atoms with Crippen molar-refractivity contribution in [3.05, 3.63) is 64.2 Å². The third-order valence-electron chi connectivity index (χ3n) is 5.31. The summed E-state index contributed by atoms with van der Waals surface area (Å²) in [6.45, 7) is 12.0. The number of rotatable bonds is 4. The van der Waals surface area contributed by atoms with Crippen molar-refractivity contribution in [1.82, 2.24) is 5.32 Å². The Kier molecular flexibility index (Phi) is 6.55. The summed E-state index contributed by atoms with van der Waals surface area (Å²) in [5.41, 5.74) is 1.71. The van der Waals surface area contributed by atoms with Crippen molar-refractivity contribution >= 4 is 29.7 Å². The number of hydrogen-bond acceptors (Lipinski definition) is 5. The molecule has 1 aliphatic heterocycles. The second-order valence-corrected chi connectivity index (χ2v) is 10.3. The van der Waals surface area contributed by atoms with E-state index in [1.807, 2.05) is 53.7 Å². The van der Waals surface area contributed by atoms with Crippen molar-refractivity contribution in [3.8, 4) is 5.75 Å². The topological polar surface area (TPSA) is 108 Å². The standard InChI is InChI=1S/C26H29FN2O5/c1-25(2,3)17-9-14(10-18(22(17)32)26(4,5)6)11-20-23(33)29-24(34-20)28-16-8-7-15(12-21(30)31)19(27)13-16/h7-11,13,32H,12H2,1-6H3,(H,30,31)(H,28,29,33)/b20-11-. The van der Waals surface area contributed by atoms with Crippen LogP contribution in [0.5, 0.6) is 5.75 Å². The molecule has 2 aromatic rings. The Bertz CT molecular complexity index is 1180. The molecule has 0 atom stereocenters. The number of carbonyl (C=O) groups is 2. The molecule has 1 heterocycles. The lowest BCUT2D eigenvalue weighted by Crippen LogP contribution is -2.20. The van der Waals surface area contributed by atoms with E-state index >= 15 is 0 Å². The van der Waals surface area contributed by atoms with Gasteiger partial charge in [-0.25, -0.2) is 4.39 Å². The Balaban J connectivity index is 1.95. The van der Waals surface area contributed by atoms with Crippen LogP contribution < -0.4 is 5.32 Å². The normalized spacial score (nSPS) is 16.6. The maximum Gasteiger partial charge on any atom is 0.307 e. The maximum atomic E-state index is 14.1. The number of phenols is 1. The van der Waals surface area contributed by atoms with Crippen LogP contribution in [0.15, 0.2) is 41.1 Å². The summed E-state index contributed by atoms with van der Waals surface area (Å²) < 4.78 is 19.7. The summed E-state index contributed by atoms with van der Waals surface area (Å²) in [7, 11) is 0. The number of carbonyl (C=O) groups excluding carboxylic acids is 1. The van der Waals surface area contributed by atoms with Gasteiger partial charge in [-0.2, -0.15) is 4.99 Å². The molecule has 7 nitrogen and oxygen atoms in total. The van der Waals surface area contributed by atoms with E-state index in [-0.39, 0.29) is 39.6 Å². The number of phenolic OH excluding ortho intramolecular Hbond substituents is 1. The van der Waals surface area contributed by atoms with Crippen molar-refractivity contribution in [2.75, 3.05) is 0 Å². The third-order valence-corrected chi connectivity index (χ3v) is 5.31. The fraction of sp³-hybridized carbons (Fsp3) is 0.346. The molecule has 0 aliphatic carbocycles. The molecule has 1 amide bonds. The number of amidine groups is 1. The lowest BCUT2D eigenvalue weighted by molar-refractivity contribution is -0.136. The monoisotopic (exact) mass is 468 g/mol. The number of aliphatic carboxylic acids is 1. The van der Waals surface area contributed by atoms with Crippen molar-refractivity contribution in [3.63, 3.8) is 0 Å². The second-order valence-electron chi connectivity index (χ2n) is 10.3. The minimum absolute atomic E-state index is 0.00660. The van der Waals surface area contributed by atoms with Crippen LogP contribution in [0.25, 0.3) is 6.08 Å². The molecular weight excluding hydrogens is 439 g/mol. The minimum Gasteiger partial charge on any atom is -0.507 e. The number of aromatic hydroxyl groups is 1. The van der Waals surface area contributed by atoms with Gasteiger partial charge < -0.3 is 14.9 Å². The van der Waals surface area contributed by atoms with Crippen molar-refractivity contribution in [1.29, 1.82) is 0 Å². The number of benzene rings is 2. The van der Waals surface area contributed by atoms with E-state index in [2.05, 4.69) is 10.3 Å². The molecule has 0 aromatic heterocycles. The highest BCUT2D eigenvalue weighted by Gasteiger charge is 2.28. The molecule has 34 heavy (non-hydrogen) atoms. The van der Waals surface area contributed by atoms with E-state index in [0.717, 1.165) is 17.2 Å². The summed E-state index contributed by atoms with van der Waals surface area (Å²) in [6.07, 6.45) is 1.13. The lowest BCUT2D eigenvalue weighted by Gasteiger charge is -2.27. The Labute approximate surface area is 198 Å². The zero-order chi connectivity index (χ0) is 25.4. The summed E-state index contributed by atoms with van der Waals surface area (Å²) in [5.74, 6) is -2.12. The maximum absolute atomic E-state index is 14.1. The first kappa shape index (κ1) is 25.0. The molecule has 1 aliphatic rings. The third kappa shape index (κ3) is 5.62. The fourth-order valence-corrected chi connectivity index (χ4v) is 3.54. The number of amides is 1. The molecule has 3 N–H and O–H groups in total. The number of nitrogens with zero attached hydrogens (tertiary/aromatic N) is 1. The summed E-state index contributed by atoms with van der Waals surface area (Å²) in [4.78, 5) is 27.4. The van der Waals surface area contributed by atoms with Crippen LogP contribution in [0.4, 0.5) is 10.1 Å². The smallest absolute Gasteiger partial charge is 0.307 e. The van der Waals surface area contributed by atoms with Crippen LogP contribution in [0.2, 0.25) is 0 Å². The average Bonchev–Trinajstić information content (AvgIpc) is 3.02. The number of carboxylic acids is 1. The van der Waals surface area contributed by atoms with Crippen LogP contribution in [-0.4, -0.2) is 28.1 Å². The van der Waals surface area contributed by atoms with Crippen molar-refractivity contribution in [2.24, 2.45) is 4.99 Å². The predicted octanol–water partition coefficient (Wildman–Crippen LogP) is 4.93. The van der Waals surface area contributed by atoms with Crippen molar-refractivity contribution < 1.29 is 28.9 Å². The van der Waals surface area contributed by atoms with Crippen LogP contribution in [-0.2, 0) is 31.6 Å². The van der Waals surface area contributed by atoms with Gasteiger partial charge in [0.05, 0.1) is 12.1 Å². The van der Waals surface area contributed by atoms with Gasteiger partial charge in [0, 0.05) is 11.1 Å². The number of carboxylic acid groups (broad SMARTS) is 1. The Morgan fingerprint density at radius 2 is 1.68 bits per heavy atom. The number of nitrogens with one attached hydrogen (secondary N) is 1. The van der Waals surface area contributed by atoms with Crippen molar-refractivity contribution in [2.45, 2.75) is 58.8 Å².